The van der Waals surface area contributed by atoms with E-state index in [4.69, 9.17) is 15.6 Å². The Kier molecular flexibility index (Phi) is 2.22. The van der Waals surface area contributed by atoms with E-state index in [1.54, 1.807) is 6.08 Å². The van der Waals surface area contributed by atoms with E-state index in [0.29, 0.717) is 6.61 Å². The van der Waals surface area contributed by atoms with Crippen molar-refractivity contribution in [2.45, 2.75) is 12.1 Å². The molecule has 0 spiro atoms. The molecule has 0 amide bonds. The summed E-state index contributed by atoms with van der Waals surface area (Å²) in [4.78, 5) is 0. The Morgan fingerprint density at radius 2 is 2.44 bits per heavy atom. The van der Waals surface area contributed by atoms with Crippen molar-refractivity contribution in [3.8, 4) is 0 Å². The first-order valence-electron chi connectivity index (χ1n) is 2.99. The predicted molar refractivity (Wildman–Crippen MR) is 33.9 cm³/mol. The highest BCUT2D eigenvalue weighted by atomic mass is 16.5. The maximum absolute atomic E-state index is 8.56. The van der Waals surface area contributed by atoms with Crippen LogP contribution < -0.4 is 5.73 Å². The van der Waals surface area contributed by atoms with Gasteiger partial charge in [-0.05, 0) is 0 Å². The van der Waals surface area contributed by atoms with Crippen molar-refractivity contribution in [1.29, 1.82) is 0 Å². The molecule has 1 rings (SSSR count). The molecule has 1 aliphatic rings. The molecule has 3 N–H and O–H groups in total. The van der Waals surface area contributed by atoms with Crippen LogP contribution in [0.1, 0.15) is 0 Å². The normalized spacial score (nSPS) is 34.9. The number of hydrogen-bond donors (Lipinski definition) is 2. The highest BCUT2D eigenvalue weighted by molar-refractivity contribution is 4.99. The molecule has 3 heteroatoms. The topological polar surface area (TPSA) is 55.5 Å². The minimum Gasteiger partial charge on any atom is -0.393 e. The van der Waals surface area contributed by atoms with E-state index in [0.717, 1.165) is 0 Å². The largest absolute Gasteiger partial charge is 0.393 e. The van der Waals surface area contributed by atoms with Gasteiger partial charge in [-0.15, -0.1) is 0 Å². The zero-order chi connectivity index (χ0) is 6.69. The molecular formula is C6H11NO2. The first-order chi connectivity index (χ1) is 4.33. The number of rotatable bonds is 1. The summed E-state index contributed by atoms with van der Waals surface area (Å²) in [5, 5.41) is 8.56. The SMILES string of the molecule is N[C@@H]1C=C[C@@H](CO)OC1. The van der Waals surface area contributed by atoms with Gasteiger partial charge in [0.15, 0.2) is 0 Å². The predicted octanol–water partition coefficient (Wildman–Crippen LogP) is -0.739. The van der Waals surface area contributed by atoms with Gasteiger partial charge in [-0.25, -0.2) is 0 Å². The Morgan fingerprint density at radius 3 is 2.89 bits per heavy atom. The average Bonchev–Trinajstić information content (AvgIpc) is 1.90. The lowest BCUT2D eigenvalue weighted by molar-refractivity contribution is 0.0323. The van der Waals surface area contributed by atoms with Crippen LogP contribution >= 0.6 is 0 Å². The third-order valence-corrected chi connectivity index (χ3v) is 1.26. The van der Waals surface area contributed by atoms with Crippen molar-refractivity contribution in [1.82, 2.24) is 0 Å². The highest BCUT2D eigenvalue weighted by Gasteiger charge is 2.10. The van der Waals surface area contributed by atoms with Crippen LogP contribution in [0.2, 0.25) is 0 Å². The third kappa shape index (κ3) is 1.78. The van der Waals surface area contributed by atoms with Gasteiger partial charge in [-0.1, -0.05) is 12.2 Å². The molecule has 0 saturated heterocycles. The molecule has 0 bridgehead atoms. The first-order valence-corrected chi connectivity index (χ1v) is 2.99. The molecule has 0 saturated carbocycles. The van der Waals surface area contributed by atoms with Gasteiger partial charge in [0.1, 0.15) is 0 Å². The summed E-state index contributed by atoms with van der Waals surface area (Å²) in [5.74, 6) is 0. The number of ether oxygens (including phenoxy) is 1. The van der Waals surface area contributed by atoms with E-state index in [9.17, 15) is 0 Å². The van der Waals surface area contributed by atoms with E-state index in [-0.39, 0.29) is 18.8 Å². The van der Waals surface area contributed by atoms with Crippen LogP contribution in [0.3, 0.4) is 0 Å². The molecule has 3 nitrogen and oxygen atoms in total. The maximum Gasteiger partial charge on any atom is 0.0988 e. The van der Waals surface area contributed by atoms with Crippen molar-refractivity contribution in [2.24, 2.45) is 5.73 Å². The zero-order valence-corrected chi connectivity index (χ0v) is 5.16. The molecule has 0 aliphatic carbocycles. The van der Waals surface area contributed by atoms with Gasteiger partial charge in [0, 0.05) is 6.04 Å². The fourth-order valence-electron chi connectivity index (χ4n) is 0.726. The third-order valence-electron chi connectivity index (χ3n) is 1.26. The van der Waals surface area contributed by atoms with Crippen LogP contribution in [0.5, 0.6) is 0 Å². The summed E-state index contributed by atoms with van der Waals surface area (Å²) in [6.07, 6.45) is 3.50. The first kappa shape index (κ1) is 6.74. The Bertz CT molecular complexity index is 114. The molecule has 0 radical (unpaired) electrons. The Balaban J connectivity index is 2.38. The zero-order valence-electron chi connectivity index (χ0n) is 5.16. The summed E-state index contributed by atoms with van der Waals surface area (Å²) in [6, 6.07) is 0.00722. The summed E-state index contributed by atoms with van der Waals surface area (Å²) >= 11 is 0. The molecule has 1 heterocycles. The second kappa shape index (κ2) is 2.96. The molecule has 2 atom stereocenters. The van der Waals surface area contributed by atoms with Crippen LogP contribution in [0, 0.1) is 0 Å². The Morgan fingerprint density at radius 1 is 1.67 bits per heavy atom. The van der Waals surface area contributed by atoms with Crippen LogP contribution in [-0.4, -0.2) is 30.5 Å². The van der Waals surface area contributed by atoms with E-state index < -0.39 is 0 Å². The molecule has 0 fully saturated rings. The maximum atomic E-state index is 8.56. The summed E-state index contributed by atoms with van der Waals surface area (Å²) < 4.78 is 5.08. The van der Waals surface area contributed by atoms with Gasteiger partial charge in [-0.2, -0.15) is 0 Å². The van der Waals surface area contributed by atoms with Gasteiger partial charge < -0.3 is 15.6 Å². The van der Waals surface area contributed by atoms with Crippen molar-refractivity contribution in [3.63, 3.8) is 0 Å². The second-order valence-corrected chi connectivity index (χ2v) is 2.10. The van der Waals surface area contributed by atoms with Gasteiger partial charge in [-0.3, -0.25) is 0 Å². The van der Waals surface area contributed by atoms with Crippen molar-refractivity contribution >= 4 is 0 Å². The Hall–Kier alpha value is -0.380. The van der Waals surface area contributed by atoms with Crippen LogP contribution in [0.15, 0.2) is 12.2 Å². The van der Waals surface area contributed by atoms with Crippen LogP contribution in [0.25, 0.3) is 0 Å². The van der Waals surface area contributed by atoms with Crippen molar-refractivity contribution in [2.75, 3.05) is 13.2 Å². The van der Waals surface area contributed by atoms with Gasteiger partial charge in [0.2, 0.25) is 0 Å². The standard InChI is InChI=1S/C6H11NO2/c7-5-1-2-6(3-8)9-4-5/h1-2,5-6,8H,3-4,7H2/t5-,6+/m1/s1. The minimum absolute atomic E-state index is 0.00722. The lowest BCUT2D eigenvalue weighted by atomic mass is 10.2. The molecular weight excluding hydrogens is 118 g/mol. The minimum atomic E-state index is -0.134. The molecule has 0 aromatic carbocycles. The molecule has 52 valence electrons. The fourth-order valence-corrected chi connectivity index (χ4v) is 0.726. The number of hydrogen-bond acceptors (Lipinski definition) is 3. The van der Waals surface area contributed by atoms with E-state index in [1.807, 2.05) is 6.08 Å². The average molecular weight is 129 g/mol. The number of aliphatic hydroxyl groups excluding tert-OH is 1. The highest BCUT2D eigenvalue weighted by Crippen LogP contribution is 2.01. The lowest BCUT2D eigenvalue weighted by Crippen LogP contribution is -2.32. The van der Waals surface area contributed by atoms with E-state index in [2.05, 4.69) is 0 Å². The molecule has 0 unspecified atom stereocenters. The molecule has 1 aliphatic heterocycles. The van der Waals surface area contributed by atoms with Crippen LogP contribution in [0.4, 0.5) is 0 Å². The molecule has 0 aromatic rings. The summed E-state index contributed by atoms with van der Waals surface area (Å²) in [6.45, 7) is 0.560. The number of aliphatic hydroxyl groups is 1. The van der Waals surface area contributed by atoms with Crippen molar-refractivity contribution in [3.05, 3.63) is 12.2 Å². The van der Waals surface area contributed by atoms with Crippen LogP contribution in [-0.2, 0) is 4.74 Å². The summed E-state index contributed by atoms with van der Waals surface area (Å²) in [7, 11) is 0. The van der Waals surface area contributed by atoms with Gasteiger partial charge in [0.05, 0.1) is 19.3 Å². The Labute approximate surface area is 54.1 Å². The van der Waals surface area contributed by atoms with E-state index in [1.165, 1.54) is 0 Å². The smallest absolute Gasteiger partial charge is 0.0988 e. The number of nitrogens with two attached hydrogens (primary N) is 1. The molecule has 0 aromatic heterocycles. The monoisotopic (exact) mass is 129 g/mol. The molecule has 9 heavy (non-hydrogen) atoms. The van der Waals surface area contributed by atoms with Crippen molar-refractivity contribution < 1.29 is 9.84 Å². The fraction of sp³-hybridized carbons (Fsp3) is 0.667. The van der Waals surface area contributed by atoms with E-state index >= 15 is 0 Å². The van der Waals surface area contributed by atoms with Gasteiger partial charge >= 0.3 is 0 Å². The quantitative estimate of drug-likeness (QED) is 0.458. The second-order valence-electron chi connectivity index (χ2n) is 2.10. The summed E-state index contributed by atoms with van der Waals surface area (Å²) in [5.41, 5.74) is 5.46. The van der Waals surface area contributed by atoms with Gasteiger partial charge in [0.25, 0.3) is 0 Å². The lowest BCUT2D eigenvalue weighted by Gasteiger charge is -2.18.